The summed E-state index contributed by atoms with van der Waals surface area (Å²) in [5, 5.41) is 14.9. The molecule has 2 amide bonds. The van der Waals surface area contributed by atoms with E-state index in [4.69, 9.17) is 11.6 Å². The zero-order valence-electron chi connectivity index (χ0n) is 18.2. The first-order valence-electron chi connectivity index (χ1n) is 10.4. The van der Waals surface area contributed by atoms with E-state index in [0.29, 0.717) is 12.1 Å². The molecule has 9 nitrogen and oxygen atoms in total. The molecule has 37 heavy (non-hydrogen) atoms. The van der Waals surface area contributed by atoms with Gasteiger partial charge >= 0.3 is 6.18 Å². The molecule has 2 aromatic carbocycles. The number of H-pyrrole nitrogens is 1. The number of hydrogen-bond acceptors (Lipinski definition) is 5. The molecule has 5 rings (SSSR count). The first-order valence-corrected chi connectivity index (χ1v) is 10.8. The van der Waals surface area contributed by atoms with Gasteiger partial charge in [0.15, 0.2) is 11.6 Å². The van der Waals surface area contributed by atoms with Crippen molar-refractivity contribution in [3.05, 3.63) is 81.6 Å². The third-order valence-corrected chi connectivity index (χ3v) is 5.88. The first kappa shape index (κ1) is 24.4. The standard InChI is InChI=1S/C22H13ClF5N7O2/c23-14-2-1-11(24)6-13(14)17-18-19(31-20(15-7-29-34-33-15)35(18)8-16(36)30-17)32-21(37)9-3-10(22(26,27)28)5-12(25)4-9/h1-7,17H,8H2,(H,30,36)(H,32,37)(H,29,33,34)/t17-/m0/s1. The number of halogens is 6. The number of nitrogens with zero attached hydrogens (tertiary/aromatic N) is 4. The number of carbonyl (C=O) groups excluding carboxylic acids is 2. The second-order valence-corrected chi connectivity index (χ2v) is 8.38. The van der Waals surface area contributed by atoms with E-state index in [9.17, 15) is 31.5 Å². The van der Waals surface area contributed by atoms with Crippen LogP contribution in [-0.2, 0) is 17.5 Å². The molecule has 3 heterocycles. The van der Waals surface area contributed by atoms with Crippen LogP contribution >= 0.6 is 11.6 Å². The number of nitrogens with one attached hydrogen (secondary N) is 3. The van der Waals surface area contributed by atoms with Crippen molar-refractivity contribution in [1.82, 2.24) is 30.3 Å². The summed E-state index contributed by atoms with van der Waals surface area (Å²) in [4.78, 5) is 29.9. The highest BCUT2D eigenvalue weighted by molar-refractivity contribution is 6.31. The summed E-state index contributed by atoms with van der Waals surface area (Å²) in [6, 6.07) is 3.74. The Morgan fingerprint density at radius 1 is 1.14 bits per heavy atom. The maximum Gasteiger partial charge on any atom is 0.416 e. The first-order chi connectivity index (χ1) is 17.5. The smallest absolute Gasteiger partial charge is 0.342 e. The number of anilines is 1. The molecule has 0 fully saturated rings. The maximum atomic E-state index is 14.1. The normalized spacial score (nSPS) is 15.3. The van der Waals surface area contributed by atoms with E-state index in [2.05, 4.69) is 31.0 Å². The van der Waals surface area contributed by atoms with E-state index in [1.807, 2.05) is 0 Å². The number of imidazole rings is 1. The van der Waals surface area contributed by atoms with Gasteiger partial charge in [-0.1, -0.05) is 16.8 Å². The molecule has 190 valence electrons. The van der Waals surface area contributed by atoms with Gasteiger partial charge in [-0.05, 0) is 36.4 Å². The van der Waals surface area contributed by atoms with Gasteiger partial charge in [0, 0.05) is 16.1 Å². The van der Waals surface area contributed by atoms with Crippen LogP contribution < -0.4 is 10.6 Å². The van der Waals surface area contributed by atoms with Crippen LogP contribution in [0.1, 0.15) is 33.2 Å². The molecule has 0 saturated carbocycles. The zero-order valence-corrected chi connectivity index (χ0v) is 19.0. The van der Waals surface area contributed by atoms with Crippen LogP contribution in [0, 0.1) is 11.6 Å². The molecule has 0 bridgehead atoms. The summed E-state index contributed by atoms with van der Waals surface area (Å²) in [5.74, 6) is -3.64. The lowest BCUT2D eigenvalue weighted by atomic mass is 10.0. The summed E-state index contributed by atoms with van der Waals surface area (Å²) in [6.45, 7) is -0.284. The molecule has 0 radical (unpaired) electrons. The highest BCUT2D eigenvalue weighted by Crippen LogP contribution is 2.38. The van der Waals surface area contributed by atoms with Gasteiger partial charge in [0.25, 0.3) is 5.91 Å². The number of fused-ring (bicyclic) bond motifs is 1. The molecule has 1 aliphatic heterocycles. The van der Waals surface area contributed by atoms with Crippen molar-refractivity contribution in [2.45, 2.75) is 18.8 Å². The Hall–Kier alpha value is -4.33. The van der Waals surface area contributed by atoms with Crippen molar-refractivity contribution in [1.29, 1.82) is 0 Å². The summed E-state index contributed by atoms with van der Waals surface area (Å²) >= 11 is 6.27. The van der Waals surface area contributed by atoms with Crippen molar-refractivity contribution in [3.8, 4) is 11.5 Å². The van der Waals surface area contributed by atoms with Gasteiger partial charge in [-0.2, -0.15) is 13.2 Å². The van der Waals surface area contributed by atoms with Crippen molar-refractivity contribution in [2.24, 2.45) is 0 Å². The molecule has 1 aliphatic rings. The lowest BCUT2D eigenvalue weighted by Crippen LogP contribution is -2.39. The van der Waals surface area contributed by atoms with Crippen LogP contribution in [-0.4, -0.2) is 36.8 Å². The van der Waals surface area contributed by atoms with E-state index in [1.54, 1.807) is 0 Å². The molecule has 0 aliphatic carbocycles. The quantitative estimate of drug-likeness (QED) is 0.339. The van der Waals surface area contributed by atoms with Gasteiger partial charge in [0.1, 0.15) is 23.9 Å². The molecule has 2 aromatic heterocycles. The van der Waals surface area contributed by atoms with Gasteiger partial charge in [-0.3, -0.25) is 14.7 Å². The summed E-state index contributed by atoms with van der Waals surface area (Å²) < 4.78 is 68.9. The second kappa shape index (κ2) is 8.96. The fraction of sp³-hybridized carbons (Fsp3) is 0.136. The Morgan fingerprint density at radius 3 is 2.62 bits per heavy atom. The minimum atomic E-state index is -4.89. The molecular weight excluding hydrogens is 525 g/mol. The van der Waals surface area contributed by atoms with Gasteiger partial charge < -0.3 is 15.2 Å². The maximum absolute atomic E-state index is 14.1. The second-order valence-electron chi connectivity index (χ2n) is 7.97. The SMILES string of the molecule is O=C1Cn2c(-c3cnn[nH]3)nc(NC(=O)c3cc(F)cc(C(F)(F)F)c3)c2[C@H](c2cc(F)ccc2Cl)N1. The monoisotopic (exact) mass is 537 g/mol. The lowest BCUT2D eigenvalue weighted by Gasteiger charge is -2.28. The number of aromatic amines is 1. The van der Waals surface area contributed by atoms with Gasteiger partial charge in [-0.25, -0.2) is 13.8 Å². The van der Waals surface area contributed by atoms with E-state index < -0.39 is 46.8 Å². The number of aromatic nitrogens is 5. The minimum Gasteiger partial charge on any atom is -0.342 e. The number of carbonyl (C=O) groups is 2. The molecular formula is C22H13ClF5N7O2. The van der Waals surface area contributed by atoms with Gasteiger partial charge in [0.2, 0.25) is 5.91 Å². The Bertz CT molecular complexity index is 1540. The highest BCUT2D eigenvalue weighted by atomic mass is 35.5. The summed E-state index contributed by atoms with van der Waals surface area (Å²) in [7, 11) is 0. The van der Waals surface area contributed by atoms with Crippen LogP contribution in [0.25, 0.3) is 11.5 Å². The fourth-order valence-electron chi connectivity index (χ4n) is 3.97. The number of alkyl halides is 3. The van der Waals surface area contributed by atoms with E-state index in [-0.39, 0.29) is 46.2 Å². The van der Waals surface area contributed by atoms with E-state index in [1.165, 1.54) is 16.8 Å². The third-order valence-electron chi connectivity index (χ3n) is 5.53. The average molecular weight is 538 g/mol. The van der Waals surface area contributed by atoms with Crippen molar-refractivity contribution in [2.75, 3.05) is 5.32 Å². The molecule has 0 unspecified atom stereocenters. The average Bonchev–Trinajstić information content (AvgIpc) is 3.47. The van der Waals surface area contributed by atoms with Crippen molar-refractivity contribution >= 4 is 29.2 Å². The highest BCUT2D eigenvalue weighted by Gasteiger charge is 2.36. The number of amides is 2. The van der Waals surface area contributed by atoms with Crippen LogP contribution in [0.15, 0.2) is 42.6 Å². The van der Waals surface area contributed by atoms with Gasteiger partial charge in [0.05, 0.1) is 23.5 Å². The number of benzene rings is 2. The molecule has 3 N–H and O–H groups in total. The third kappa shape index (κ3) is 4.62. The van der Waals surface area contributed by atoms with Crippen LogP contribution in [0.5, 0.6) is 0 Å². The van der Waals surface area contributed by atoms with E-state index in [0.717, 1.165) is 12.1 Å². The van der Waals surface area contributed by atoms with Crippen LogP contribution in [0.3, 0.4) is 0 Å². The Morgan fingerprint density at radius 2 is 1.92 bits per heavy atom. The van der Waals surface area contributed by atoms with E-state index >= 15 is 0 Å². The van der Waals surface area contributed by atoms with Crippen molar-refractivity contribution < 1.29 is 31.5 Å². The largest absolute Gasteiger partial charge is 0.416 e. The minimum absolute atomic E-state index is 0.0864. The topological polar surface area (TPSA) is 118 Å². The summed E-state index contributed by atoms with van der Waals surface area (Å²) in [6.07, 6.45) is -3.60. The predicted molar refractivity (Wildman–Crippen MR) is 118 cm³/mol. The number of hydrogen-bond donors (Lipinski definition) is 3. The Labute approximate surface area is 208 Å². The van der Waals surface area contributed by atoms with Crippen LogP contribution in [0.4, 0.5) is 27.8 Å². The fourth-order valence-corrected chi connectivity index (χ4v) is 4.19. The van der Waals surface area contributed by atoms with Crippen molar-refractivity contribution in [3.63, 3.8) is 0 Å². The zero-order chi connectivity index (χ0) is 26.5. The molecule has 4 aromatic rings. The lowest BCUT2D eigenvalue weighted by molar-refractivity contribution is -0.137. The Balaban J connectivity index is 1.64. The predicted octanol–water partition coefficient (Wildman–Crippen LogP) is 4.09. The Kier molecular flexibility index (Phi) is 5.90. The molecule has 1 atom stereocenters. The van der Waals surface area contributed by atoms with Gasteiger partial charge in [-0.15, -0.1) is 5.10 Å². The molecule has 0 saturated heterocycles. The summed E-state index contributed by atoms with van der Waals surface area (Å²) in [5.41, 5.74) is -1.47. The molecule has 0 spiro atoms. The molecule has 15 heteroatoms. The van der Waals surface area contributed by atoms with Crippen LogP contribution in [0.2, 0.25) is 5.02 Å². The number of rotatable bonds is 4.